The zero-order valence-electron chi connectivity index (χ0n) is 17.9. The molecule has 4 rings (SSSR count). The number of hydrogen-bond acceptors (Lipinski definition) is 1. The Morgan fingerprint density at radius 2 is 1.06 bits per heavy atom. The Labute approximate surface area is 204 Å². The number of benzene rings is 2. The molecule has 0 bridgehead atoms. The van der Waals surface area contributed by atoms with Gasteiger partial charge in [0, 0.05) is 11.8 Å². The second-order valence-electron chi connectivity index (χ2n) is 8.41. The van der Waals surface area contributed by atoms with E-state index < -0.39 is 19.2 Å². The van der Waals surface area contributed by atoms with E-state index in [2.05, 4.69) is 36.4 Å². The van der Waals surface area contributed by atoms with Crippen molar-refractivity contribution in [2.24, 2.45) is 11.8 Å². The van der Waals surface area contributed by atoms with Crippen molar-refractivity contribution < 1.29 is 4.21 Å². The lowest BCUT2D eigenvalue weighted by molar-refractivity contribution is 0.523. The lowest BCUT2D eigenvalue weighted by Gasteiger charge is -2.41. The van der Waals surface area contributed by atoms with Gasteiger partial charge in [0.05, 0.1) is 10.8 Å². The van der Waals surface area contributed by atoms with Crippen LogP contribution < -0.4 is 0 Å². The highest BCUT2D eigenvalue weighted by molar-refractivity contribution is 7.91. The number of rotatable bonds is 8. The molecule has 2 aromatic rings. The SMILES string of the molecule is O=S(C1(Cl)C=CC=CC1CCc1ccccc1)C1(Cl)C=CC=CC1CCc1ccccc1. The van der Waals surface area contributed by atoms with Gasteiger partial charge in [0.15, 0.2) is 0 Å². The number of aryl methyl sites for hydroxylation is 2. The third-order valence-corrected chi connectivity index (χ3v) is 9.98. The van der Waals surface area contributed by atoms with Gasteiger partial charge in [0.1, 0.15) is 8.41 Å². The highest BCUT2D eigenvalue weighted by Gasteiger charge is 2.52. The van der Waals surface area contributed by atoms with Crippen LogP contribution in [0.25, 0.3) is 0 Å². The summed E-state index contributed by atoms with van der Waals surface area (Å²) in [7, 11) is -1.55. The van der Waals surface area contributed by atoms with Crippen molar-refractivity contribution in [2.45, 2.75) is 34.1 Å². The van der Waals surface area contributed by atoms with Crippen LogP contribution in [0.4, 0.5) is 0 Å². The molecule has 4 unspecified atom stereocenters. The molecule has 0 saturated heterocycles. The molecule has 0 heterocycles. The second-order valence-corrected chi connectivity index (χ2v) is 12.0. The van der Waals surface area contributed by atoms with E-state index in [1.54, 1.807) is 0 Å². The van der Waals surface area contributed by atoms with Gasteiger partial charge in [0.2, 0.25) is 0 Å². The third kappa shape index (κ3) is 5.03. The molecule has 4 heteroatoms. The van der Waals surface area contributed by atoms with Crippen molar-refractivity contribution >= 4 is 34.0 Å². The largest absolute Gasteiger partial charge is 0.255 e. The second kappa shape index (κ2) is 10.4. The summed E-state index contributed by atoms with van der Waals surface area (Å²) in [4.78, 5) is 0. The molecule has 166 valence electrons. The van der Waals surface area contributed by atoms with E-state index in [0.29, 0.717) is 0 Å². The average molecular weight is 484 g/mol. The molecule has 4 atom stereocenters. The minimum absolute atomic E-state index is 0.0695. The zero-order chi connectivity index (χ0) is 22.4. The lowest BCUT2D eigenvalue weighted by Crippen LogP contribution is -2.48. The molecular weight excluding hydrogens is 455 g/mol. The standard InChI is InChI=1S/C28H28Cl2OS/c29-27(21-9-7-15-25(27)19-17-23-11-3-1-4-12-23)32(31)28(30)22-10-8-16-26(28)20-18-24-13-5-2-6-14-24/h1-16,21-22,25-26H,17-20H2. The van der Waals surface area contributed by atoms with Crippen LogP contribution >= 0.6 is 23.2 Å². The molecule has 0 saturated carbocycles. The first-order chi connectivity index (χ1) is 15.5. The number of alkyl halides is 2. The van der Waals surface area contributed by atoms with Gasteiger partial charge in [-0.25, -0.2) is 0 Å². The molecule has 32 heavy (non-hydrogen) atoms. The molecule has 0 radical (unpaired) electrons. The summed E-state index contributed by atoms with van der Waals surface area (Å²) in [6.07, 6.45) is 19.1. The molecule has 2 aromatic carbocycles. The van der Waals surface area contributed by atoms with Gasteiger partial charge in [0.25, 0.3) is 0 Å². The molecule has 0 amide bonds. The minimum Gasteiger partial charge on any atom is -0.255 e. The van der Waals surface area contributed by atoms with E-state index in [1.165, 1.54) is 11.1 Å². The fourth-order valence-corrected chi connectivity index (χ4v) is 7.66. The van der Waals surface area contributed by atoms with Crippen molar-refractivity contribution in [1.82, 2.24) is 0 Å². The Balaban J connectivity index is 1.53. The summed E-state index contributed by atoms with van der Waals surface area (Å²) in [6.45, 7) is 0. The first-order valence-corrected chi connectivity index (χ1v) is 13.0. The van der Waals surface area contributed by atoms with Crippen LogP contribution in [0.15, 0.2) is 109 Å². The lowest BCUT2D eigenvalue weighted by atomic mass is 9.92. The molecule has 0 spiro atoms. The number of hydrogen-bond donors (Lipinski definition) is 0. The normalized spacial score (nSPS) is 29.8. The molecule has 0 aromatic heterocycles. The topological polar surface area (TPSA) is 17.1 Å². The fraction of sp³-hybridized carbons (Fsp3) is 0.286. The minimum atomic E-state index is -1.55. The fourth-order valence-electron chi connectivity index (χ4n) is 4.44. The van der Waals surface area contributed by atoms with Gasteiger partial charge in [-0.1, -0.05) is 132 Å². The quantitative estimate of drug-likeness (QED) is 0.359. The average Bonchev–Trinajstić information content (AvgIpc) is 2.84. The van der Waals surface area contributed by atoms with Crippen molar-refractivity contribution in [3.05, 3.63) is 120 Å². The Kier molecular flexibility index (Phi) is 7.55. The maximum atomic E-state index is 14.1. The maximum Gasteiger partial charge on any atom is 0.146 e. The molecule has 2 aliphatic carbocycles. The predicted molar refractivity (Wildman–Crippen MR) is 138 cm³/mol. The van der Waals surface area contributed by atoms with E-state index >= 15 is 0 Å². The Morgan fingerprint density at radius 1 is 0.656 bits per heavy atom. The first-order valence-electron chi connectivity index (χ1n) is 11.1. The predicted octanol–water partition coefficient (Wildman–Crippen LogP) is 7.36. The van der Waals surface area contributed by atoms with E-state index in [1.807, 2.05) is 72.9 Å². The number of halogens is 2. The van der Waals surface area contributed by atoms with Crippen LogP contribution in [-0.2, 0) is 23.6 Å². The van der Waals surface area contributed by atoms with Gasteiger partial charge in [-0.05, 0) is 36.8 Å². The van der Waals surface area contributed by atoms with Crippen LogP contribution in [0, 0.1) is 11.8 Å². The van der Waals surface area contributed by atoms with Gasteiger partial charge in [-0.3, -0.25) is 4.21 Å². The molecule has 0 fully saturated rings. The molecule has 2 aliphatic rings. The molecule has 0 N–H and O–H groups in total. The van der Waals surface area contributed by atoms with Crippen molar-refractivity contribution in [3.63, 3.8) is 0 Å². The molecular formula is C28H28Cl2OS. The summed E-state index contributed by atoms with van der Waals surface area (Å²) in [5.41, 5.74) is 2.50. The summed E-state index contributed by atoms with van der Waals surface area (Å²) in [5, 5.41) is 0. The van der Waals surface area contributed by atoms with E-state index in [4.69, 9.17) is 23.2 Å². The Morgan fingerprint density at radius 3 is 1.47 bits per heavy atom. The van der Waals surface area contributed by atoms with Crippen molar-refractivity contribution in [2.75, 3.05) is 0 Å². The van der Waals surface area contributed by atoms with E-state index in [-0.39, 0.29) is 11.8 Å². The number of allylic oxidation sites excluding steroid dienone is 6. The van der Waals surface area contributed by atoms with Crippen LogP contribution in [0.5, 0.6) is 0 Å². The van der Waals surface area contributed by atoms with E-state index in [9.17, 15) is 4.21 Å². The van der Waals surface area contributed by atoms with Crippen molar-refractivity contribution in [3.8, 4) is 0 Å². The van der Waals surface area contributed by atoms with Crippen molar-refractivity contribution in [1.29, 1.82) is 0 Å². The van der Waals surface area contributed by atoms with Gasteiger partial charge < -0.3 is 0 Å². The Hall–Kier alpha value is -1.87. The summed E-state index contributed by atoms with van der Waals surface area (Å²) in [6, 6.07) is 20.7. The van der Waals surface area contributed by atoms with Gasteiger partial charge in [-0.15, -0.1) is 0 Å². The first kappa shape index (κ1) is 23.3. The molecule has 1 nitrogen and oxygen atoms in total. The maximum absolute atomic E-state index is 14.1. The molecule has 0 aliphatic heterocycles. The van der Waals surface area contributed by atoms with Crippen LogP contribution in [0.1, 0.15) is 24.0 Å². The monoisotopic (exact) mass is 482 g/mol. The highest BCUT2D eigenvalue weighted by Crippen LogP contribution is 2.48. The zero-order valence-corrected chi connectivity index (χ0v) is 20.3. The summed E-state index contributed by atoms with van der Waals surface area (Å²) < 4.78 is 12.0. The third-order valence-electron chi connectivity index (χ3n) is 6.31. The summed E-state index contributed by atoms with van der Waals surface area (Å²) in [5.74, 6) is -0.139. The van der Waals surface area contributed by atoms with Crippen LogP contribution in [-0.4, -0.2) is 12.6 Å². The van der Waals surface area contributed by atoms with Crippen LogP contribution in [0.3, 0.4) is 0 Å². The van der Waals surface area contributed by atoms with Gasteiger partial charge in [-0.2, -0.15) is 0 Å². The van der Waals surface area contributed by atoms with Gasteiger partial charge >= 0.3 is 0 Å². The highest BCUT2D eigenvalue weighted by atomic mass is 35.5. The smallest absolute Gasteiger partial charge is 0.146 e. The van der Waals surface area contributed by atoms with E-state index in [0.717, 1.165) is 25.7 Å². The Bertz CT molecular complexity index is 960. The summed E-state index contributed by atoms with van der Waals surface area (Å²) >= 11 is 14.4. The van der Waals surface area contributed by atoms with Crippen LogP contribution in [0.2, 0.25) is 0 Å².